The number of likely N-dealkylation sites (tertiary alicyclic amines) is 1. The fraction of sp³-hybridized carbons (Fsp3) is 0.429. The molecular weight excluding hydrogens is 314 g/mol. The molecule has 0 aliphatic carbocycles. The molecule has 2 nitrogen and oxygen atoms in total. The van der Waals surface area contributed by atoms with Crippen LogP contribution < -0.4 is 4.74 Å². The number of hydrogen-bond acceptors (Lipinski definition) is 3. The monoisotopic (exact) mass is 339 g/mol. The molecule has 0 atom stereocenters. The summed E-state index contributed by atoms with van der Waals surface area (Å²) in [6.07, 6.45) is 6.54. The van der Waals surface area contributed by atoms with Crippen LogP contribution >= 0.6 is 11.8 Å². The van der Waals surface area contributed by atoms with Crippen molar-refractivity contribution in [2.75, 3.05) is 19.6 Å². The van der Waals surface area contributed by atoms with Crippen LogP contribution in [0.3, 0.4) is 0 Å². The van der Waals surface area contributed by atoms with Crippen molar-refractivity contribution in [1.82, 2.24) is 4.90 Å². The lowest BCUT2D eigenvalue weighted by atomic mass is 10.1. The second kappa shape index (κ2) is 7.62. The number of benzene rings is 2. The molecule has 1 saturated heterocycles. The van der Waals surface area contributed by atoms with Crippen molar-refractivity contribution in [2.24, 2.45) is 0 Å². The minimum atomic E-state index is 0.674. The Labute approximate surface area is 149 Å². The molecule has 0 bridgehead atoms. The molecule has 24 heavy (non-hydrogen) atoms. The van der Waals surface area contributed by atoms with Gasteiger partial charge in [-0.2, -0.15) is 0 Å². The second-order valence-electron chi connectivity index (χ2n) is 6.75. The van der Waals surface area contributed by atoms with Gasteiger partial charge in [-0.05, 0) is 63.0 Å². The molecule has 2 heterocycles. The van der Waals surface area contributed by atoms with E-state index in [2.05, 4.69) is 47.4 Å². The van der Waals surface area contributed by atoms with E-state index in [1.165, 1.54) is 66.2 Å². The van der Waals surface area contributed by atoms with Crippen LogP contribution in [0.2, 0.25) is 0 Å². The first kappa shape index (κ1) is 16.0. The van der Waals surface area contributed by atoms with Gasteiger partial charge in [-0.15, -0.1) is 0 Å². The molecule has 0 saturated carbocycles. The predicted molar refractivity (Wildman–Crippen MR) is 100.0 cm³/mol. The number of fused-ring (bicyclic) bond motifs is 2. The molecule has 0 unspecified atom stereocenters. The summed E-state index contributed by atoms with van der Waals surface area (Å²) < 4.78 is 6.08. The molecule has 4 rings (SSSR count). The Morgan fingerprint density at radius 2 is 1.83 bits per heavy atom. The topological polar surface area (TPSA) is 12.5 Å². The number of ether oxygens (including phenoxy) is 1. The van der Waals surface area contributed by atoms with Crippen molar-refractivity contribution in [3.05, 3.63) is 53.6 Å². The zero-order valence-corrected chi connectivity index (χ0v) is 15.0. The van der Waals surface area contributed by atoms with Gasteiger partial charge < -0.3 is 9.64 Å². The van der Waals surface area contributed by atoms with E-state index in [1.807, 2.05) is 11.8 Å². The third kappa shape index (κ3) is 3.62. The Bertz CT molecular complexity index is 694. The SMILES string of the molecule is c1ccc2c(c1)COc1cccc(CCCN3CCCCC3)c1S2. The molecule has 2 aliphatic heterocycles. The second-order valence-corrected chi connectivity index (χ2v) is 7.80. The summed E-state index contributed by atoms with van der Waals surface area (Å²) in [5.41, 5.74) is 2.73. The summed E-state index contributed by atoms with van der Waals surface area (Å²) in [6.45, 7) is 4.48. The highest BCUT2D eigenvalue weighted by molar-refractivity contribution is 7.99. The Balaban J connectivity index is 1.47. The van der Waals surface area contributed by atoms with Gasteiger partial charge in [0.1, 0.15) is 12.4 Å². The van der Waals surface area contributed by atoms with E-state index < -0.39 is 0 Å². The lowest BCUT2D eigenvalue weighted by Gasteiger charge is -2.26. The fourth-order valence-electron chi connectivity index (χ4n) is 3.65. The molecule has 1 fully saturated rings. The van der Waals surface area contributed by atoms with Gasteiger partial charge in [0, 0.05) is 10.5 Å². The van der Waals surface area contributed by atoms with Gasteiger partial charge in [0.05, 0.1) is 4.90 Å². The van der Waals surface area contributed by atoms with E-state index in [4.69, 9.17) is 4.74 Å². The van der Waals surface area contributed by atoms with Gasteiger partial charge in [-0.3, -0.25) is 0 Å². The van der Waals surface area contributed by atoms with Crippen LogP contribution in [-0.2, 0) is 13.0 Å². The van der Waals surface area contributed by atoms with E-state index in [1.54, 1.807) is 0 Å². The quantitative estimate of drug-likeness (QED) is 0.764. The largest absolute Gasteiger partial charge is 0.488 e. The molecule has 0 aromatic heterocycles. The van der Waals surface area contributed by atoms with E-state index in [-0.39, 0.29) is 0 Å². The highest BCUT2D eigenvalue weighted by Gasteiger charge is 2.18. The summed E-state index contributed by atoms with van der Waals surface area (Å²) >= 11 is 1.88. The van der Waals surface area contributed by atoms with E-state index >= 15 is 0 Å². The van der Waals surface area contributed by atoms with Crippen LogP contribution in [0.1, 0.15) is 36.8 Å². The van der Waals surface area contributed by atoms with Gasteiger partial charge in [-0.1, -0.05) is 48.5 Å². The zero-order chi connectivity index (χ0) is 16.2. The van der Waals surface area contributed by atoms with E-state index in [0.717, 1.165) is 12.2 Å². The fourth-order valence-corrected chi connectivity index (χ4v) is 4.81. The molecule has 126 valence electrons. The van der Waals surface area contributed by atoms with Gasteiger partial charge in [0.25, 0.3) is 0 Å². The van der Waals surface area contributed by atoms with Crippen LogP contribution in [0.15, 0.2) is 52.3 Å². The number of nitrogens with zero attached hydrogens (tertiary/aromatic N) is 1. The summed E-state index contributed by atoms with van der Waals surface area (Å²) in [4.78, 5) is 5.28. The number of piperidine rings is 1. The van der Waals surface area contributed by atoms with E-state index in [0.29, 0.717) is 6.61 Å². The Morgan fingerprint density at radius 3 is 2.75 bits per heavy atom. The molecule has 3 heteroatoms. The maximum absolute atomic E-state index is 6.08. The molecule has 0 N–H and O–H groups in total. The Hall–Kier alpha value is -1.45. The number of hydrogen-bond donors (Lipinski definition) is 0. The normalized spacial score (nSPS) is 17.5. The lowest BCUT2D eigenvalue weighted by Crippen LogP contribution is -2.30. The third-order valence-electron chi connectivity index (χ3n) is 5.00. The average Bonchev–Trinajstić information content (AvgIpc) is 2.83. The summed E-state index contributed by atoms with van der Waals surface area (Å²) in [5, 5.41) is 0. The minimum absolute atomic E-state index is 0.674. The number of aryl methyl sites for hydroxylation is 1. The van der Waals surface area contributed by atoms with Crippen molar-refractivity contribution in [3.63, 3.8) is 0 Å². The molecule has 2 aliphatic rings. The van der Waals surface area contributed by atoms with Gasteiger partial charge in [0.15, 0.2) is 0 Å². The standard InChI is InChI=1S/C21H25NOS/c1-4-13-22(14-5-1)15-7-10-17-9-6-11-19-21(17)24-20-12-3-2-8-18(20)16-23-19/h2-3,6,8-9,11-12H,1,4-5,7,10,13-16H2. The first-order valence-corrected chi connectivity index (χ1v) is 9.94. The minimum Gasteiger partial charge on any atom is -0.488 e. The van der Waals surface area contributed by atoms with Crippen LogP contribution in [0, 0.1) is 0 Å². The van der Waals surface area contributed by atoms with Gasteiger partial charge in [-0.25, -0.2) is 0 Å². The molecule has 2 aromatic rings. The average molecular weight is 340 g/mol. The molecular formula is C21H25NOS. The molecule has 0 spiro atoms. The smallest absolute Gasteiger partial charge is 0.134 e. The predicted octanol–water partition coefficient (Wildman–Crippen LogP) is 5.15. The third-order valence-corrected chi connectivity index (χ3v) is 6.28. The van der Waals surface area contributed by atoms with E-state index in [9.17, 15) is 0 Å². The van der Waals surface area contributed by atoms with Gasteiger partial charge >= 0.3 is 0 Å². The Kier molecular flexibility index (Phi) is 5.10. The Morgan fingerprint density at radius 1 is 0.958 bits per heavy atom. The van der Waals surface area contributed by atoms with Crippen molar-refractivity contribution in [3.8, 4) is 5.75 Å². The van der Waals surface area contributed by atoms with Crippen LogP contribution in [0.5, 0.6) is 5.75 Å². The zero-order valence-electron chi connectivity index (χ0n) is 14.2. The maximum atomic E-state index is 6.08. The van der Waals surface area contributed by atoms with Crippen LogP contribution in [0.4, 0.5) is 0 Å². The van der Waals surface area contributed by atoms with Crippen molar-refractivity contribution in [2.45, 2.75) is 48.5 Å². The molecule has 0 radical (unpaired) electrons. The summed E-state index contributed by atoms with van der Waals surface area (Å²) in [6, 6.07) is 15.1. The maximum Gasteiger partial charge on any atom is 0.134 e. The first-order valence-electron chi connectivity index (χ1n) is 9.13. The van der Waals surface area contributed by atoms with Crippen molar-refractivity contribution in [1.29, 1.82) is 0 Å². The van der Waals surface area contributed by atoms with Crippen molar-refractivity contribution >= 4 is 11.8 Å². The highest BCUT2D eigenvalue weighted by Crippen LogP contribution is 2.42. The summed E-state index contributed by atoms with van der Waals surface area (Å²) in [5.74, 6) is 1.05. The van der Waals surface area contributed by atoms with Crippen LogP contribution in [0.25, 0.3) is 0 Å². The first-order chi connectivity index (χ1) is 11.9. The highest BCUT2D eigenvalue weighted by atomic mass is 32.2. The number of rotatable bonds is 4. The lowest BCUT2D eigenvalue weighted by molar-refractivity contribution is 0.226. The molecule has 0 amide bonds. The molecule has 2 aromatic carbocycles. The van der Waals surface area contributed by atoms with Crippen molar-refractivity contribution < 1.29 is 4.74 Å². The van der Waals surface area contributed by atoms with Gasteiger partial charge in [0.2, 0.25) is 0 Å². The summed E-state index contributed by atoms with van der Waals surface area (Å²) in [7, 11) is 0. The van der Waals surface area contributed by atoms with Crippen LogP contribution in [-0.4, -0.2) is 24.5 Å².